The first kappa shape index (κ1) is 20.1. The van der Waals surface area contributed by atoms with Gasteiger partial charge in [-0.25, -0.2) is 0 Å². The van der Waals surface area contributed by atoms with Crippen molar-refractivity contribution in [2.75, 3.05) is 13.2 Å². The van der Waals surface area contributed by atoms with Gasteiger partial charge in [-0.15, -0.1) is 0 Å². The molecule has 0 fully saturated rings. The molecule has 26 heavy (non-hydrogen) atoms. The molecule has 0 aromatic heterocycles. The van der Waals surface area contributed by atoms with E-state index in [0.717, 1.165) is 0 Å². The molecular weight excluding hydrogens is 365 g/mol. The van der Waals surface area contributed by atoms with Crippen molar-refractivity contribution in [3.05, 3.63) is 54.1 Å². The van der Waals surface area contributed by atoms with Crippen molar-refractivity contribution in [3.63, 3.8) is 0 Å². The van der Waals surface area contributed by atoms with Crippen molar-refractivity contribution in [1.29, 1.82) is 5.26 Å². The summed E-state index contributed by atoms with van der Waals surface area (Å²) >= 11 is -0.253. The Bertz CT molecular complexity index is 726. The molecule has 0 saturated carbocycles. The zero-order valence-corrected chi connectivity index (χ0v) is 14.7. The lowest BCUT2D eigenvalue weighted by molar-refractivity contribution is -0.0328. The third kappa shape index (κ3) is 6.24. The first-order valence-corrected chi connectivity index (χ1v) is 8.55. The number of carbonyl (C=O) groups excluding carboxylic acids is 1. The smallest absolute Gasteiger partial charge is 0.377 e. The summed E-state index contributed by atoms with van der Waals surface area (Å²) in [5.74, 6) is -0.408. The maximum Gasteiger partial charge on any atom is 0.446 e. The highest BCUT2D eigenvalue weighted by Crippen LogP contribution is 2.36. The predicted molar refractivity (Wildman–Crippen MR) is 92.4 cm³/mol. The minimum atomic E-state index is -4.38. The van der Waals surface area contributed by atoms with Gasteiger partial charge in [0.2, 0.25) is 0 Å². The number of nitriles is 1. The fraction of sp³-hybridized carbons (Fsp3) is 0.333. The van der Waals surface area contributed by atoms with E-state index in [9.17, 15) is 23.2 Å². The molecule has 0 saturated heterocycles. The van der Waals surface area contributed by atoms with Crippen LogP contribution in [0.3, 0.4) is 0 Å². The lowest BCUT2D eigenvalue weighted by Crippen LogP contribution is -2.48. The standard InChI is InChI=1S/C18H17F3N2O2S/c1-17(11-22,12-25-10-13-4-2-3-5-13)23-16(24)14-6-8-15(9-7-14)26-18(19,20)21/h2-9,13H,10,12H2,1H3,(H,23,24). The van der Waals surface area contributed by atoms with Crippen molar-refractivity contribution in [1.82, 2.24) is 5.32 Å². The molecule has 4 nitrogen and oxygen atoms in total. The number of hydrogen-bond acceptors (Lipinski definition) is 4. The average molecular weight is 382 g/mol. The highest BCUT2D eigenvalue weighted by molar-refractivity contribution is 8.00. The monoisotopic (exact) mass is 382 g/mol. The molecule has 8 heteroatoms. The SMILES string of the molecule is CC(C#N)(COCC1C=CC=C1)NC(=O)c1ccc(SC(F)(F)F)cc1. The molecule has 0 spiro atoms. The molecule has 0 aliphatic heterocycles. The summed E-state index contributed by atoms with van der Waals surface area (Å²) in [5, 5.41) is 11.9. The quantitative estimate of drug-likeness (QED) is 0.722. The van der Waals surface area contributed by atoms with Gasteiger partial charge >= 0.3 is 5.51 Å². The molecule has 1 aromatic rings. The lowest BCUT2D eigenvalue weighted by atomic mass is 10.0. The van der Waals surface area contributed by atoms with Crippen LogP contribution in [0.25, 0.3) is 0 Å². The topological polar surface area (TPSA) is 62.1 Å². The Hall–Kier alpha value is -2.24. The van der Waals surface area contributed by atoms with Gasteiger partial charge in [0.15, 0.2) is 0 Å². The highest BCUT2D eigenvalue weighted by atomic mass is 32.2. The zero-order valence-electron chi connectivity index (χ0n) is 13.9. The summed E-state index contributed by atoms with van der Waals surface area (Å²) in [4.78, 5) is 12.3. The number of alkyl halides is 3. The molecule has 2 rings (SSSR count). The molecule has 0 bridgehead atoms. The lowest BCUT2D eigenvalue weighted by Gasteiger charge is -2.23. The first-order chi connectivity index (χ1) is 12.2. The number of thioether (sulfide) groups is 1. The van der Waals surface area contributed by atoms with E-state index in [1.54, 1.807) is 0 Å². The van der Waals surface area contributed by atoms with Gasteiger partial charge in [-0.1, -0.05) is 24.3 Å². The minimum absolute atomic E-state index is 0.00453. The molecule has 1 aliphatic rings. The Morgan fingerprint density at radius 2 is 1.88 bits per heavy atom. The number of halogens is 3. The van der Waals surface area contributed by atoms with Gasteiger partial charge in [0, 0.05) is 16.4 Å². The van der Waals surface area contributed by atoms with E-state index < -0.39 is 17.0 Å². The first-order valence-electron chi connectivity index (χ1n) is 7.73. The van der Waals surface area contributed by atoms with Crippen LogP contribution in [0.1, 0.15) is 17.3 Å². The Balaban J connectivity index is 1.91. The number of benzene rings is 1. The molecule has 1 unspecified atom stereocenters. The summed E-state index contributed by atoms with van der Waals surface area (Å²) in [6.45, 7) is 1.91. The van der Waals surface area contributed by atoms with Gasteiger partial charge in [-0.05, 0) is 43.0 Å². The summed E-state index contributed by atoms with van der Waals surface area (Å²) in [5.41, 5.74) is -5.47. The van der Waals surface area contributed by atoms with Crippen molar-refractivity contribution < 1.29 is 22.7 Å². The van der Waals surface area contributed by atoms with Crippen LogP contribution in [0.2, 0.25) is 0 Å². The van der Waals surface area contributed by atoms with E-state index in [0.29, 0.717) is 6.61 Å². The van der Waals surface area contributed by atoms with Crippen LogP contribution in [0, 0.1) is 17.2 Å². The molecular formula is C18H17F3N2O2S. The number of ether oxygens (including phenoxy) is 1. The summed E-state index contributed by atoms with van der Waals surface area (Å²) in [7, 11) is 0. The average Bonchev–Trinajstić information content (AvgIpc) is 3.07. The van der Waals surface area contributed by atoms with Crippen LogP contribution in [0.15, 0.2) is 53.5 Å². The van der Waals surface area contributed by atoms with E-state index in [4.69, 9.17) is 4.74 Å². The van der Waals surface area contributed by atoms with Crippen molar-refractivity contribution in [2.45, 2.75) is 22.9 Å². The van der Waals surface area contributed by atoms with Crippen molar-refractivity contribution in [3.8, 4) is 6.07 Å². The Labute approximate surface area is 153 Å². The molecule has 138 valence electrons. The van der Waals surface area contributed by atoms with Crippen LogP contribution >= 0.6 is 11.8 Å². The number of amides is 1. The summed E-state index contributed by atoms with van der Waals surface area (Å²) in [6.07, 6.45) is 7.73. The van der Waals surface area contributed by atoms with E-state index >= 15 is 0 Å². The summed E-state index contributed by atoms with van der Waals surface area (Å²) < 4.78 is 42.5. The number of hydrogen-bond donors (Lipinski definition) is 1. The Morgan fingerprint density at radius 3 is 2.42 bits per heavy atom. The normalized spacial score (nSPS) is 16.3. The van der Waals surface area contributed by atoms with E-state index in [1.807, 2.05) is 30.4 Å². The molecule has 1 amide bonds. The van der Waals surface area contributed by atoms with Crippen LogP contribution in [0.4, 0.5) is 13.2 Å². The van der Waals surface area contributed by atoms with Gasteiger partial charge in [0.1, 0.15) is 5.54 Å². The number of nitrogens with one attached hydrogen (secondary N) is 1. The number of carbonyl (C=O) groups is 1. The maximum atomic E-state index is 12.3. The van der Waals surface area contributed by atoms with Gasteiger partial charge < -0.3 is 10.1 Å². The van der Waals surface area contributed by atoms with Gasteiger partial charge in [0.05, 0.1) is 19.3 Å². The number of nitrogens with zero attached hydrogens (tertiary/aromatic N) is 1. The molecule has 1 N–H and O–H groups in total. The fourth-order valence-corrected chi connectivity index (χ4v) is 2.75. The van der Waals surface area contributed by atoms with Gasteiger partial charge in [-0.3, -0.25) is 4.79 Å². The Kier molecular flexibility index (Phi) is 6.51. The fourth-order valence-electron chi connectivity index (χ4n) is 2.22. The van der Waals surface area contributed by atoms with Crippen LogP contribution < -0.4 is 5.32 Å². The molecule has 1 atom stereocenters. The second-order valence-electron chi connectivity index (χ2n) is 5.92. The highest BCUT2D eigenvalue weighted by Gasteiger charge is 2.30. The zero-order chi connectivity index (χ0) is 19.2. The van der Waals surface area contributed by atoms with Crippen molar-refractivity contribution >= 4 is 17.7 Å². The summed E-state index contributed by atoms with van der Waals surface area (Å²) in [6, 6.07) is 7.01. The third-order valence-corrected chi connectivity index (χ3v) is 4.25. The van der Waals surface area contributed by atoms with Crippen LogP contribution in [-0.2, 0) is 4.74 Å². The molecule has 0 heterocycles. The van der Waals surface area contributed by atoms with Gasteiger partial charge in [-0.2, -0.15) is 18.4 Å². The maximum absolute atomic E-state index is 12.3. The second-order valence-corrected chi connectivity index (χ2v) is 7.06. The Morgan fingerprint density at radius 1 is 1.27 bits per heavy atom. The van der Waals surface area contributed by atoms with Crippen LogP contribution in [-0.4, -0.2) is 30.2 Å². The van der Waals surface area contributed by atoms with Crippen molar-refractivity contribution in [2.24, 2.45) is 5.92 Å². The van der Waals surface area contributed by atoms with Crippen LogP contribution in [0.5, 0.6) is 0 Å². The predicted octanol–water partition coefficient (Wildman–Crippen LogP) is 4.07. The number of rotatable bonds is 7. The van der Waals surface area contributed by atoms with E-state index in [2.05, 4.69) is 5.32 Å². The largest absolute Gasteiger partial charge is 0.446 e. The van der Waals surface area contributed by atoms with Gasteiger partial charge in [0.25, 0.3) is 5.91 Å². The molecule has 1 aromatic carbocycles. The second kappa shape index (κ2) is 8.43. The molecule has 1 aliphatic carbocycles. The van der Waals surface area contributed by atoms with E-state index in [-0.39, 0.29) is 34.7 Å². The minimum Gasteiger partial charge on any atom is -0.377 e. The molecule has 0 radical (unpaired) electrons. The third-order valence-electron chi connectivity index (χ3n) is 3.52. The number of allylic oxidation sites excluding steroid dienone is 2. The van der Waals surface area contributed by atoms with E-state index in [1.165, 1.54) is 31.2 Å².